The van der Waals surface area contributed by atoms with E-state index < -0.39 is 60.4 Å². The van der Waals surface area contributed by atoms with Crippen molar-refractivity contribution in [1.29, 1.82) is 0 Å². The number of ether oxygens (including phenoxy) is 1. The number of hydrogen-bond donors (Lipinski definition) is 2. The molecule has 2 fully saturated rings. The zero-order valence-electron chi connectivity index (χ0n) is 13.4. The van der Waals surface area contributed by atoms with Gasteiger partial charge in [-0.25, -0.2) is 9.59 Å². The van der Waals surface area contributed by atoms with Crippen molar-refractivity contribution in [2.45, 2.75) is 24.7 Å². The Morgan fingerprint density at radius 1 is 1.33 bits per heavy atom. The first kappa shape index (κ1) is 21.5. The van der Waals surface area contributed by atoms with Gasteiger partial charge in [0.1, 0.15) is 18.3 Å². The van der Waals surface area contributed by atoms with E-state index in [0.29, 0.717) is 4.90 Å². The Labute approximate surface area is 172 Å². The summed E-state index contributed by atoms with van der Waals surface area (Å²) in [5.41, 5.74) is -0.298. The van der Waals surface area contributed by atoms with Crippen molar-refractivity contribution in [1.82, 2.24) is 15.1 Å². The van der Waals surface area contributed by atoms with Crippen molar-refractivity contribution in [3.63, 3.8) is 0 Å². The summed E-state index contributed by atoms with van der Waals surface area (Å²) >= 11 is 0. The quantitative estimate of drug-likeness (QED) is 0.465. The van der Waals surface area contributed by atoms with Crippen molar-refractivity contribution in [2.75, 3.05) is 20.2 Å². The first-order chi connectivity index (χ1) is 12.1. The van der Waals surface area contributed by atoms with Gasteiger partial charge in [0.15, 0.2) is 0 Å². The van der Waals surface area contributed by atoms with E-state index in [2.05, 4.69) is 5.32 Å². The summed E-state index contributed by atoms with van der Waals surface area (Å²) in [5.74, 6) is -5.02. The fourth-order valence-electron chi connectivity index (χ4n) is 3.76. The van der Waals surface area contributed by atoms with Gasteiger partial charge in [-0.15, -0.1) is 0 Å². The number of alkyl halides is 3. The number of carboxylic acid groups (broad SMARTS) is 1. The van der Waals surface area contributed by atoms with Crippen LogP contribution in [0.5, 0.6) is 0 Å². The third-order valence-electron chi connectivity index (χ3n) is 4.73. The van der Waals surface area contributed by atoms with Gasteiger partial charge >= 0.3 is 53.7 Å². The number of amides is 3. The number of likely N-dealkylation sites (tertiary alicyclic amines) is 1. The average molecular weight is 401 g/mol. The van der Waals surface area contributed by atoms with Gasteiger partial charge in [0, 0.05) is 19.5 Å². The Morgan fingerprint density at radius 2 is 1.96 bits per heavy atom. The van der Waals surface area contributed by atoms with Gasteiger partial charge in [0.2, 0.25) is 0 Å². The number of carbonyl (C=O) groups is 4. The topological polar surface area (TPSA) is 116 Å². The van der Waals surface area contributed by atoms with E-state index in [-0.39, 0.29) is 48.1 Å². The molecule has 144 valence electrons. The molecule has 2 N–H and O–H groups in total. The van der Waals surface area contributed by atoms with Crippen LogP contribution in [0.3, 0.4) is 0 Å². The number of alkyl carbamates (subject to hydrolysis) is 1. The number of aliphatic carboxylic acids is 1. The summed E-state index contributed by atoms with van der Waals surface area (Å²) < 4.78 is 43.0. The number of nitrogens with zero attached hydrogens (tertiary/aromatic N) is 2. The van der Waals surface area contributed by atoms with Crippen LogP contribution in [0.15, 0.2) is 11.3 Å². The molecule has 3 amide bonds. The SMILES string of the molecule is CNC(=O)OCC1=C(C(=O)O)N2C(=O)[C@@H]3[C@H]2[C@H](C1)CN3C(=O)C(F)(F)F.[NaH]. The molecule has 0 spiro atoms. The van der Waals surface area contributed by atoms with Gasteiger partial charge in [-0.05, 0) is 12.0 Å². The number of rotatable bonds is 3. The number of nitrogens with one attached hydrogen (secondary N) is 1. The first-order valence-electron chi connectivity index (χ1n) is 7.58. The number of halogens is 3. The second-order valence-corrected chi connectivity index (χ2v) is 6.15. The fraction of sp³-hybridized carbons (Fsp3) is 0.571. The minimum absolute atomic E-state index is 0. The number of carbonyl (C=O) groups excluding carboxylic acids is 3. The molecule has 3 rings (SSSR count). The Bertz CT molecular complexity index is 740. The van der Waals surface area contributed by atoms with Crippen molar-refractivity contribution >= 4 is 53.4 Å². The van der Waals surface area contributed by atoms with Crippen LogP contribution in [0, 0.1) is 5.92 Å². The van der Waals surface area contributed by atoms with Crippen molar-refractivity contribution < 1.29 is 42.2 Å². The van der Waals surface area contributed by atoms with Gasteiger partial charge in [-0.3, -0.25) is 14.5 Å². The molecule has 0 bridgehead atoms. The summed E-state index contributed by atoms with van der Waals surface area (Å²) in [6.45, 7) is -0.752. The van der Waals surface area contributed by atoms with Crippen LogP contribution in [0.2, 0.25) is 0 Å². The minimum atomic E-state index is -5.12. The predicted molar refractivity (Wildman–Crippen MR) is 82.5 cm³/mol. The second kappa shape index (κ2) is 7.32. The number of carboxylic acids is 1. The van der Waals surface area contributed by atoms with Crippen molar-refractivity contribution in [3.05, 3.63) is 11.3 Å². The predicted octanol–water partition coefficient (Wildman–Crippen LogP) is -0.964. The molecule has 0 saturated carbocycles. The van der Waals surface area contributed by atoms with Crippen LogP contribution < -0.4 is 5.32 Å². The van der Waals surface area contributed by atoms with Crippen LogP contribution in [-0.4, -0.2) is 107 Å². The molecule has 0 aromatic carbocycles. The molecule has 9 nitrogen and oxygen atoms in total. The summed E-state index contributed by atoms with van der Waals surface area (Å²) in [6, 6.07) is -2.13. The molecule has 27 heavy (non-hydrogen) atoms. The Kier molecular flexibility index (Phi) is 5.83. The zero-order valence-corrected chi connectivity index (χ0v) is 13.4. The van der Waals surface area contributed by atoms with Gasteiger partial charge in [-0.2, -0.15) is 13.2 Å². The van der Waals surface area contributed by atoms with Gasteiger partial charge in [-0.1, -0.05) is 0 Å². The van der Waals surface area contributed by atoms with E-state index in [1.807, 2.05) is 0 Å². The number of β-lactam (4-membered cyclic amide) rings is 1. The molecule has 3 atom stereocenters. The van der Waals surface area contributed by atoms with E-state index >= 15 is 0 Å². The summed E-state index contributed by atoms with van der Waals surface area (Å²) in [7, 11) is 1.30. The fourth-order valence-corrected chi connectivity index (χ4v) is 3.76. The Balaban J connectivity index is 0.00000261. The van der Waals surface area contributed by atoms with Gasteiger partial charge in [0.25, 0.3) is 5.91 Å². The molecule has 13 heteroatoms. The molecule has 0 radical (unpaired) electrons. The van der Waals surface area contributed by atoms with Crippen LogP contribution in [0.25, 0.3) is 0 Å². The molecular formula is C14H15F3N3NaO6. The molecular weight excluding hydrogens is 386 g/mol. The maximum absolute atomic E-state index is 12.7. The zero-order chi connectivity index (χ0) is 19.4. The van der Waals surface area contributed by atoms with E-state index in [1.54, 1.807) is 0 Å². The third kappa shape index (κ3) is 3.41. The average Bonchev–Trinajstić information content (AvgIpc) is 2.92. The first-order valence-corrected chi connectivity index (χ1v) is 7.58. The van der Waals surface area contributed by atoms with E-state index in [1.165, 1.54) is 7.05 Å². The molecule has 0 unspecified atom stereocenters. The van der Waals surface area contributed by atoms with Crippen LogP contribution in [-0.2, 0) is 19.1 Å². The standard InChI is InChI=1S/C14H14F3N3O6.Na.H/c1-18-13(25)26-4-6-2-5-3-19(12(24)14(15,16)17)9-7(5)20(10(9)21)8(6)11(22)23;;/h5,7,9H,2-4H2,1H3,(H,18,25)(H,22,23);;/t5-,7-,9+;;/m1../s1. The van der Waals surface area contributed by atoms with Gasteiger partial charge < -0.3 is 20.1 Å². The van der Waals surface area contributed by atoms with Crippen molar-refractivity contribution in [3.8, 4) is 0 Å². The number of hydrogen-bond acceptors (Lipinski definition) is 5. The molecule has 0 aromatic heterocycles. The van der Waals surface area contributed by atoms with E-state index in [0.717, 1.165) is 4.90 Å². The maximum atomic E-state index is 12.7. The van der Waals surface area contributed by atoms with Crippen LogP contribution >= 0.6 is 0 Å². The Hall–Kier alpha value is -1.79. The molecule has 0 aromatic rings. The van der Waals surface area contributed by atoms with Crippen LogP contribution in [0.1, 0.15) is 6.42 Å². The molecule has 3 heterocycles. The third-order valence-corrected chi connectivity index (χ3v) is 4.73. The normalized spacial score (nSPS) is 26.1. The Morgan fingerprint density at radius 3 is 2.48 bits per heavy atom. The second-order valence-electron chi connectivity index (χ2n) is 6.15. The molecule has 3 aliphatic heterocycles. The molecule has 2 saturated heterocycles. The van der Waals surface area contributed by atoms with E-state index in [9.17, 15) is 37.5 Å². The van der Waals surface area contributed by atoms with Crippen molar-refractivity contribution in [2.24, 2.45) is 5.92 Å². The monoisotopic (exact) mass is 401 g/mol. The summed E-state index contributed by atoms with van der Waals surface area (Å²) in [4.78, 5) is 48.0. The summed E-state index contributed by atoms with van der Waals surface area (Å²) in [6.07, 6.45) is -5.94. The molecule has 3 aliphatic rings. The molecule has 0 aliphatic carbocycles. The van der Waals surface area contributed by atoms with Crippen LogP contribution in [0.4, 0.5) is 18.0 Å². The van der Waals surface area contributed by atoms with Gasteiger partial charge in [0.05, 0.1) is 6.04 Å². The van der Waals surface area contributed by atoms with E-state index in [4.69, 9.17) is 4.74 Å². The summed E-state index contributed by atoms with van der Waals surface area (Å²) in [5, 5.41) is 11.6.